The van der Waals surface area contributed by atoms with Gasteiger partial charge >= 0.3 is 0 Å². The molecule has 0 aliphatic rings. The fourth-order valence-electron chi connectivity index (χ4n) is 2.07. The van der Waals surface area contributed by atoms with Gasteiger partial charge in [0, 0.05) is 18.9 Å². The molecule has 1 aromatic heterocycles. The summed E-state index contributed by atoms with van der Waals surface area (Å²) < 4.78 is 1.80. The van der Waals surface area contributed by atoms with Gasteiger partial charge in [-0.1, -0.05) is 43.9 Å². The second-order valence-electron chi connectivity index (χ2n) is 4.57. The third kappa shape index (κ3) is 3.74. The van der Waals surface area contributed by atoms with E-state index in [0.29, 0.717) is 5.02 Å². The van der Waals surface area contributed by atoms with Gasteiger partial charge in [-0.25, -0.2) is 4.68 Å². The van der Waals surface area contributed by atoms with Gasteiger partial charge in [0.25, 0.3) is 0 Å². The predicted molar refractivity (Wildman–Crippen MR) is 81.2 cm³/mol. The summed E-state index contributed by atoms with van der Waals surface area (Å²) in [6.45, 7) is 3.19. The van der Waals surface area contributed by atoms with Crippen molar-refractivity contribution < 1.29 is 0 Å². The number of nitrogens with one attached hydrogen (secondary N) is 1. The molecule has 0 saturated heterocycles. The Balaban J connectivity index is 2.06. The standard InChI is InChI=1S/C15H20ClN3/c1-2-3-4-5-10-17-14-9-6-8-13(16)15(14)19-12-7-11-18-19/h6-9,11-12,17H,2-5,10H2,1H3. The van der Waals surface area contributed by atoms with Gasteiger partial charge in [-0.05, 0) is 24.6 Å². The van der Waals surface area contributed by atoms with Crippen LogP contribution in [0.4, 0.5) is 5.69 Å². The molecule has 0 atom stereocenters. The Bertz CT molecular complexity index is 494. The number of benzene rings is 1. The number of halogens is 1. The monoisotopic (exact) mass is 277 g/mol. The van der Waals surface area contributed by atoms with E-state index in [9.17, 15) is 0 Å². The van der Waals surface area contributed by atoms with E-state index >= 15 is 0 Å². The number of rotatable bonds is 7. The Morgan fingerprint density at radius 1 is 1.21 bits per heavy atom. The first-order chi connectivity index (χ1) is 9.33. The molecule has 1 N–H and O–H groups in total. The van der Waals surface area contributed by atoms with Crippen LogP contribution in [-0.4, -0.2) is 16.3 Å². The molecular formula is C15H20ClN3. The number of hydrogen-bond acceptors (Lipinski definition) is 2. The summed E-state index contributed by atoms with van der Waals surface area (Å²) in [6, 6.07) is 7.79. The van der Waals surface area contributed by atoms with Crippen LogP contribution in [0.2, 0.25) is 5.02 Å². The summed E-state index contributed by atoms with van der Waals surface area (Å²) in [5.41, 5.74) is 1.96. The molecule has 0 radical (unpaired) electrons. The highest BCUT2D eigenvalue weighted by atomic mass is 35.5. The van der Waals surface area contributed by atoms with Gasteiger partial charge < -0.3 is 5.32 Å². The molecule has 0 spiro atoms. The summed E-state index contributed by atoms with van der Waals surface area (Å²) in [5.74, 6) is 0. The van der Waals surface area contributed by atoms with Crippen LogP contribution < -0.4 is 5.32 Å². The third-order valence-corrected chi connectivity index (χ3v) is 3.37. The van der Waals surface area contributed by atoms with Crippen molar-refractivity contribution in [2.24, 2.45) is 0 Å². The fourth-order valence-corrected chi connectivity index (χ4v) is 2.33. The highest BCUT2D eigenvalue weighted by molar-refractivity contribution is 6.33. The lowest BCUT2D eigenvalue weighted by Gasteiger charge is -2.13. The topological polar surface area (TPSA) is 29.9 Å². The molecule has 1 heterocycles. The van der Waals surface area contributed by atoms with E-state index in [4.69, 9.17) is 11.6 Å². The molecule has 19 heavy (non-hydrogen) atoms. The van der Waals surface area contributed by atoms with Crippen molar-refractivity contribution in [1.82, 2.24) is 9.78 Å². The minimum Gasteiger partial charge on any atom is -0.383 e. The van der Waals surface area contributed by atoms with Gasteiger partial charge in [0.2, 0.25) is 0 Å². The van der Waals surface area contributed by atoms with Gasteiger partial charge in [0.05, 0.1) is 10.7 Å². The zero-order chi connectivity index (χ0) is 13.5. The van der Waals surface area contributed by atoms with Crippen molar-refractivity contribution in [3.8, 4) is 5.69 Å². The van der Waals surface area contributed by atoms with Crippen molar-refractivity contribution in [3.05, 3.63) is 41.7 Å². The molecule has 1 aromatic carbocycles. The van der Waals surface area contributed by atoms with Crippen molar-refractivity contribution in [2.75, 3.05) is 11.9 Å². The second kappa shape index (κ2) is 7.19. The molecule has 0 amide bonds. The Hall–Kier alpha value is -1.48. The maximum atomic E-state index is 6.28. The van der Waals surface area contributed by atoms with E-state index < -0.39 is 0 Å². The smallest absolute Gasteiger partial charge is 0.106 e. The minimum absolute atomic E-state index is 0.710. The maximum Gasteiger partial charge on any atom is 0.106 e. The highest BCUT2D eigenvalue weighted by Gasteiger charge is 2.08. The number of para-hydroxylation sites is 1. The van der Waals surface area contributed by atoms with Crippen LogP contribution in [0.5, 0.6) is 0 Å². The summed E-state index contributed by atoms with van der Waals surface area (Å²) in [4.78, 5) is 0. The van der Waals surface area contributed by atoms with Gasteiger partial charge in [-0.15, -0.1) is 0 Å². The largest absolute Gasteiger partial charge is 0.383 e. The summed E-state index contributed by atoms with van der Waals surface area (Å²) in [5, 5.41) is 8.42. The van der Waals surface area contributed by atoms with Crippen LogP contribution in [0.25, 0.3) is 5.69 Å². The molecule has 2 aromatic rings. The molecule has 3 nitrogen and oxygen atoms in total. The van der Waals surface area contributed by atoms with Crippen molar-refractivity contribution >= 4 is 17.3 Å². The molecule has 2 rings (SSSR count). The molecule has 0 saturated carbocycles. The maximum absolute atomic E-state index is 6.28. The number of unbranched alkanes of at least 4 members (excludes halogenated alkanes) is 3. The molecular weight excluding hydrogens is 258 g/mol. The Morgan fingerprint density at radius 2 is 2.11 bits per heavy atom. The highest BCUT2D eigenvalue weighted by Crippen LogP contribution is 2.27. The predicted octanol–water partition coefficient (Wildman–Crippen LogP) is 4.52. The van der Waals surface area contributed by atoms with E-state index in [-0.39, 0.29) is 0 Å². The van der Waals surface area contributed by atoms with Crippen molar-refractivity contribution in [3.63, 3.8) is 0 Å². The lowest BCUT2D eigenvalue weighted by molar-refractivity contribution is 0.684. The number of hydrogen-bond donors (Lipinski definition) is 1. The first kappa shape index (κ1) is 13.9. The van der Waals surface area contributed by atoms with Crippen LogP contribution in [0.15, 0.2) is 36.7 Å². The normalized spacial score (nSPS) is 10.6. The molecule has 0 unspecified atom stereocenters. The number of aromatic nitrogens is 2. The summed E-state index contributed by atoms with van der Waals surface area (Å²) >= 11 is 6.28. The quantitative estimate of drug-likeness (QED) is 0.754. The van der Waals surface area contributed by atoms with Gasteiger partial charge in [0.15, 0.2) is 0 Å². The molecule has 4 heteroatoms. The first-order valence-corrected chi connectivity index (χ1v) is 7.23. The molecule has 0 bridgehead atoms. The van der Waals surface area contributed by atoms with Gasteiger partial charge in [-0.2, -0.15) is 5.10 Å². The lowest BCUT2D eigenvalue weighted by atomic mass is 10.2. The minimum atomic E-state index is 0.710. The fraction of sp³-hybridized carbons (Fsp3) is 0.400. The van der Waals surface area contributed by atoms with E-state index in [2.05, 4.69) is 17.3 Å². The summed E-state index contributed by atoms with van der Waals surface area (Å²) in [7, 11) is 0. The Kier molecular flexibility index (Phi) is 5.28. The molecule has 0 aliphatic carbocycles. The van der Waals surface area contributed by atoms with Crippen LogP contribution in [-0.2, 0) is 0 Å². The average Bonchev–Trinajstić information content (AvgIpc) is 2.92. The lowest BCUT2D eigenvalue weighted by Crippen LogP contribution is -2.06. The Labute approximate surface area is 119 Å². The van der Waals surface area contributed by atoms with Crippen LogP contribution in [0.1, 0.15) is 32.6 Å². The number of anilines is 1. The molecule has 0 aliphatic heterocycles. The van der Waals surface area contributed by atoms with E-state index in [1.54, 1.807) is 10.9 Å². The van der Waals surface area contributed by atoms with Crippen LogP contribution >= 0.6 is 11.6 Å². The van der Waals surface area contributed by atoms with E-state index in [1.807, 2.05) is 30.5 Å². The van der Waals surface area contributed by atoms with Crippen molar-refractivity contribution in [2.45, 2.75) is 32.6 Å². The van der Waals surface area contributed by atoms with E-state index in [0.717, 1.165) is 17.9 Å². The van der Waals surface area contributed by atoms with Gasteiger partial charge in [0.1, 0.15) is 5.69 Å². The van der Waals surface area contributed by atoms with Crippen LogP contribution in [0.3, 0.4) is 0 Å². The summed E-state index contributed by atoms with van der Waals surface area (Å²) in [6.07, 6.45) is 8.66. The second-order valence-corrected chi connectivity index (χ2v) is 4.98. The Morgan fingerprint density at radius 3 is 2.84 bits per heavy atom. The van der Waals surface area contributed by atoms with Gasteiger partial charge in [-0.3, -0.25) is 0 Å². The first-order valence-electron chi connectivity index (χ1n) is 6.85. The molecule has 102 valence electrons. The third-order valence-electron chi connectivity index (χ3n) is 3.07. The number of nitrogens with zero attached hydrogens (tertiary/aromatic N) is 2. The van der Waals surface area contributed by atoms with E-state index in [1.165, 1.54) is 25.7 Å². The zero-order valence-corrected chi connectivity index (χ0v) is 12.0. The van der Waals surface area contributed by atoms with Crippen molar-refractivity contribution in [1.29, 1.82) is 0 Å². The average molecular weight is 278 g/mol. The molecule has 0 fully saturated rings. The SMILES string of the molecule is CCCCCCNc1cccc(Cl)c1-n1cccn1. The van der Waals surface area contributed by atoms with Crippen LogP contribution in [0, 0.1) is 0 Å². The zero-order valence-electron chi connectivity index (χ0n) is 11.3.